The minimum atomic E-state index is -0.286. The van der Waals surface area contributed by atoms with Crippen molar-refractivity contribution in [2.45, 2.75) is 13.5 Å². The Morgan fingerprint density at radius 3 is 3.06 bits per heavy atom. The summed E-state index contributed by atoms with van der Waals surface area (Å²) in [6, 6.07) is 6.80. The molecule has 0 aliphatic rings. The van der Waals surface area contributed by atoms with Gasteiger partial charge in [0.15, 0.2) is 0 Å². The van der Waals surface area contributed by atoms with Crippen LogP contribution in [0.15, 0.2) is 30.6 Å². The van der Waals surface area contributed by atoms with Gasteiger partial charge < -0.3 is 5.32 Å². The van der Waals surface area contributed by atoms with Crippen molar-refractivity contribution in [3.63, 3.8) is 0 Å². The van der Waals surface area contributed by atoms with Gasteiger partial charge in [-0.15, -0.1) is 0 Å². The lowest BCUT2D eigenvalue weighted by atomic mass is 10.1. The number of hydrogen-bond donors (Lipinski definition) is 1. The van der Waals surface area contributed by atoms with E-state index in [-0.39, 0.29) is 11.6 Å². The van der Waals surface area contributed by atoms with E-state index < -0.39 is 0 Å². The molecule has 0 fully saturated rings. The molecule has 1 aromatic heterocycles. The van der Waals surface area contributed by atoms with Crippen LogP contribution in [0.3, 0.4) is 0 Å². The zero-order chi connectivity index (χ0) is 13.0. The number of rotatable bonds is 4. The molecule has 0 radical (unpaired) electrons. The van der Waals surface area contributed by atoms with Gasteiger partial charge in [0.2, 0.25) is 5.82 Å². The van der Waals surface area contributed by atoms with Crippen LogP contribution in [0.5, 0.6) is 0 Å². The van der Waals surface area contributed by atoms with Crippen LogP contribution in [-0.4, -0.2) is 16.1 Å². The van der Waals surface area contributed by atoms with Crippen LogP contribution in [0.25, 0.3) is 5.69 Å². The standard InChI is InChI=1S/C13H13FN4/c1-2-16-9-10-11(14)4-3-5-12(10)18-7-6-17-13(18)8-15/h3-7,16H,2,9H2,1H3. The first-order chi connectivity index (χ1) is 8.77. The average molecular weight is 244 g/mol. The molecule has 18 heavy (non-hydrogen) atoms. The number of nitrogens with one attached hydrogen (secondary N) is 1. The largest absolute Gasteiger partial charge is 0.313 e. The second-order valence-electron chi connectivity index (χ2n) is 3.75. The molecular formula is C13H13FN4. The highest BCUT2D eigenvalue weighted by molar-refractivity contribution is 5.44. The maximum absolute atomic E-state index is 13.8. The van der Waals surface area contributed by atoms with Gasteiger partial charge in [0, 0.05) is 24.5 Å². The Morgan fingerprint density at radius 1 is 1.50 bits per heavy atom. The molecule has 92 valence electrons. The average Bonchev–Trinajstić information content (AvgIpc) is 2.85. The van der Waals surface area contributed by atoms with Crippen LogP contribution in [0.2, 0.25) is 0 Å². The van der Waals surface area contributed by atoms with Crippen molar-refractivity contribution in [2.24, 2.45) is 0 Å². The molecule has 4 nitrogen and oxygen atoms in total. The SMILES string of the molecule is CCNCc1c(F)cccc1-n1ccnc1C#N. The fourth-order valence-electron chi connectivity index (χ4n) is 1.78. The number of aromatic nitrogens is 2. The van der Waals surface area contributed by atoms with E-state index in [0.717, 1.165) is 6.54 Å². The number of hydrogen-bond acceptors (Lipinski definition) is 3. The highest BCUT2D eigenvalue weighted by Gasteiger charge is 2.12. The lowest BCUT2D eigenvalue weighted by Gasteiger charge is -2.12. The van der Waals surface area contributed by atoms with Gasteiger partial charge in [-0.1, -0.05) is 13.0 Å². The van der Waals surface area contributed by atoms with E-state index in [1.54, 1.807) is 22.9 Å². The number of benzene rings is 1. The summed E-state index contributed by atoms with van der Waals surface area (Å²) in [5.74, 6) is -0.0376. The third-order valence-electron chi connectivity index (χ3n) is 2.65. The number of imidazole rings is 1. The van der Waals surface area contributed by atoms with E-state index in [4.69, 9.17) is 5.26 Å². The van der Waals surface area contributed by atoms with Gasteiger partial charge in [0.1, 0.15) is 11.9 Å². The smallest absolute Gasteiger partial charge is 0.217 e. The van der Waals surface area contributed by atoms with Gasteiger partial charge in [-0.2, -0.15) is 5.26 Å². The molecule has 0 bridgehead atoms. The minimum Gasteiger partial charge on any atom is -0.313 e. The summed E-state index contributed by atoms with van der Waals surface area (Å²) in [5.41, 5.74) is 1.18. The van der Waals surface area contributed by atoms with E-state index in [0.29, 0.717) is 17.8 Å². The molecule has 2 aromatic rings. The Morgan fingerprint density at radius 2 is 2.33 bits per heavy atom. The predicted octanol–water partition coefficient (Wildman–Crippen LogP) is 1.99. The summed E-state index contributed by atoms with van der Waals surface area (Å²) in [6.07, 6.45) is 3.18. The minimum absolute atomic E-state index is 0.248. The predicted molar refractivity (Wildman–Crippen MR) is 65.6 cm³/mol. The van der Waals surface area contributed by atoms with Gasteiger partial charge >= 0.3 is 0 Å². The van der Waals surface area contributed by atoms with E-state index in [9.17, 15) is 4.39 Å². The quantitative estimate of drug-likeness (QED) is 0.894. The zero-order valence-electron chi connectivity index (χ0n) is 10.0. The molecule has 1 aromatic carbocycles. The molecule has 5 heteroatoms. The first-order valence-corrected chi connectivity index (χ1v) is 5.69. The Bertz CT molecular complexity index is 583. The molecule has 1 heterocycles. The summed E-state index contributed by atoms with van der Waals surface area (Å²) >= 11 is 0. The van der Waals surface area contributed by atoms with E-state index in [1.807, 2.05) is 13.0 Å². The van der Waals surface area contributed by atoms with E-state index >= 15 is 0 Å². The number of halogens is 1. The molecule has 1 N–H and O–H groups in total. The summed E-state index contributed by atoms with van der Waals surface area (Å²) in [4.78, 5) is 3.92. The maximum atomic E-state index is 13.8. The molecule has 0 unspecified atom stereocenters. The third-order valence-corrected chi connectivity index (χ3v) is 2.65. The monoisotopic (exact) mass is 244 g/mol. The van der Waals surface area contributed by atoms with Crippen LogP contribution in [-0.2, 0) is 6.54 Å². The topological polar surface area (TPSA) is 53.6 Å². The lowest BCUT2D eigenvalue weighted by molar-refractivity contribution is 0.591. The van der Waals surface area contributed by atoms with Crippen molar-refractivity contribution >= 4 is 0 Å². The van der Waals surface area contributed by atoms with Crippen molar-refractivity contribution in [3.8, 4) is 11.8 Å². The second kappa shape index (κ2) is 5.43. The van der Waals surface area contributed by atoms with E-state index in [2.05, 4.69) is 10.3 Å². The molecule has 0 amide bonds. The van der Waals surface area contributed by atoms with Crippen molar-refractivity contribution in [1.82, 2.24) is 14.9 Å². The van der Waals surface area contributed by atoms with Crippen LogP contribution in [0, 0.1) is 17.1 Å². The second-order valence-corrected chi connectivity index (χ2v) is 3.75. The van der Waals surface area contributed by atoms with Crippen molar-refractivity contribution in [1.29, 1.82) is 5.26 Å². The van der Waals surface area contributed by atoms with Crippen LogP contribution >= 0.6 is 0 Å². The van der Waals surface area contributed by atoms with Crippen LogP contribution in [0.1, 0.15) is 18.3 Å². The highest BCUT2D eigenvalue weighted by atomic mass is 19.1. The normalized spacial score (nSPS) is 10.3. The van der Waals surface area contributed by atoms with Crippen LogP contribution in [0.4, 0.5) is 4.39 Å². The molecule has 0 aliphatic carbocycles. The first-order valence-electron chi connectivity index (χ1n) is 5.69. The molecule has 2 rings (SSSR count). The number of nitrogens with zero attached hydrogens (tertiary/aromatic N) is 3. The van der Waals surface area contributed by atoms with Crippen molar-refractivity contribution in [2.75, 3.05) is 6.54 Å². The maximum Gasteiger partial charge on any atom is 0.217 e. The Balaban J connectivity index is 2.51. The van der Waals surface area contributed by atoms with E-state index in [1.165, 1.54) is 12.3 Å². The molecular weight excluding hydrogens is 231 g/mol. The summed E-state index contributed by atoms with van der Waals surface area (Å²) in [5, 5.41) is 12.1. The van der Waals surface area contributed by atoms with Crippen LogP contribution < -0.4 is 5.32 Å². The highest BCUT2D eigenvalue weighted by Crippen LogP contribution is 2.19. The fraction of sp³-hybridized carbons (Fsp3) is 0.231. The zero-order valence-corrected chi connectivity index (χ0v) is 10.0. The molecule has 0 spiro atoms. The fourth-order valence-corrected chi connectivity index (χ4v) is 1.78. The van der Waals surface area contributed by atoms with Crippen molar-refractivity contribution < 1.29 is 4.39 Å². The Kier molecular flexibility index (Phi) is 3.70. The first kappa shape index (κ1) is 12.3. The van der Waals surface area contributed by atoms with Gasteiger partial charge in [0.25, 0.3) is 0 Å². The molecule has 0 saturated heterocycles. The molecule has 0 atom stereocenters. The molecule has 0 aliphatic heterocycles. The Hall–Kier alpha value is -2.19. The molecule has 0 saturated carbocycles. The van der Waals surface area contributed by atoms with Gasteiger partial charge in [0.05, 0.1) is 5.69 Å². The van der Waals surface area contributed by atoms with Crippen molar-refractivity contribution in [3.05, 3.63) is 47.8 Å². The summed E-state index contributed by atoms with van der Waals surface area (Å²) in [6.45, 7) is 3.13. The van der Waals surface area contributed by atoms with Gasteiger partial charge in [-0.3, -0.25) is 4.57 Å². The number of nitriles is 1. The Labute approximate surface area is 105 Å². The summed E-state index contributed by atoms with van der Waals surface area (Å²) < 4.78 is 15.4. The van der Waals surface area contributed by atoms with Gasteiger partial charge in [-0.25, -0.2) is 9.37 Å². The summed E-state index contributed by atoms with van der Waals surface area (Å²) in [7, 11) is 0. The lowest BCUT2D eigenvalue weighted by Crippen LogP contribution is -2.15. The van der Waals surface area contributed by atoms with Gasteiger partial charge in [-0.05, 0) is 18.7 Å². The third kappa shape index (κ3) is 2.24.